The minimum atomic E-state index is -3.47. The molecule has 2 aromatic rings. The van der Waals surface area contributed by atoms with Crippen molar-refractivity contribution in [3.05, 3.63) is 60.3 Å². The zero-order chi connectivity index (χ0) is 15.0. The Morgan fingerprint density at radius 1 is 1.00 bits per heavy atom. The Hall–Kier alpha value is -1.41. The van der Waals surface area contributed by atoms with Gasteiger partial charge < -0.3 is 0 Å². The molecule has 0 aliphatic carbocycles. The van der Waals surface area contributed by atoms with E-state index in [1.54, 1.807) is 6.20 Å². The van der Waals surface area contributed by atoms with Crippen LogP contribution in [0.3, 0.4) is 0 Å². The van der Waals surface area contributed by atoms with Crippen LogP contribution in [0.5, 0.6) is 0 Å². The van der Waals surface area contributed by atoms with Gasteiger partial charge in [-0.25, -0.2) is 9.71 Å². The van der Waals surface area contributed by atoms with Crippen molar-refractivity contribution in [3.8, 4) is 0 Å². The second-order valence-electron chi connectivity index (χ2n) is 4.22. The maximum atomic E-state index is 11.8. The normalized spacial score (nSPS) is 11.4. The molecule has 5 nitrogen and oxygen atoms in total. The van der Waals surface area contributed by atoms with E-state index < -0.39 is 10.2 Å². The lowest BCUT2D eigenvalue weighted by Gasteiger charge is -2.08. The average Bonchev–Trinajstić information content (AvgIpc) is 2.52. The zero-order valence-electron chi connectivity index (χ0n) is 11.4. The van der Waals surface area contributed by atoms with Gasteiger partial charge in [0.15, 0.2) is 0 Å². The van der Waals surface area contributed by atoms with Gasteiger partial charge in [0.1, 0.15) is 0 Å². The number of thioether (sulfide) groups is 1. The number of aromatic nitrogens is 1. The van der Waals surface area contributed by atoms with Crippen LogP contribution in [0.1, 0.15) is 5.56 Å². The fourth-order valence-corrected chi connectivity index (χ4v) is 3.27. The highest BCUT2D eigenvalue weighted by molar-refractivity contribution is 7.99. The molecule has 0 saturated carbocycles. The number of nitrogens with zero attached hydrogens (tertiary/aromatic N) is 1. The first-order valence-corrected chi connectivity index (χ1v) is 8.94. The summed E-state index contributed by atoms with van der Waals surface area (Å²) >= 11 is 1.51. The van der Waals surface area contributed by atoms with E-state index in [1.807, 2.05) is 48.5 Å². The number of hydrogen-bond acceptors (Lipinski definition) is 4. The summed E-state index contributed by atoms with van der Waals surface area (Å²) in [6.07, 6.45) is 1.72. The second kappa shape index (κ2) is 8.14. The SMILES string of the molecule is O=S(=O)(NCCSc1ccccn1)NCc1ccccc1. The molecule has 0 spiro atoms. The monoisotopic (exact) mass is 323 g/mol. The molecule has 7 heteroatoms. The second-order valence-corrected chi connectivity index (χ2v) is 6.92. The van der Waals surface area contributed by atoms with Gasteiger partial charge in [0, 0.05) is 25.0 Å². The Morgan fingerprint density at radius 3 is 2.48 bits per heavy atom. The van der Waals surface area contributed by atoms with E-state index >= 15 is 0 Å². The first kappa shape index (κ1) is 16.0. The van der Waals surface area contributed by atoms with Crippen molar-refractivity contribution in [1.82, 2.24) is 14.4 Å². The van der Waals surface area contributed by atoms with Crippen LogP contribution in [0, 0.1) is 0 Å². The minimum absolute atomic E-state index is 0.281. The highest BCUT2D eigenvalue weighted by atomic mass is 32.2. The van der Waals surface area contributed by atoms with E-state index in [9.17, 15) is 8.42 Å². The summed E-state index contributed by atoms with van der Waals surface area (Å²) in [5, 5.41) is 0.883. The average molecular weight is 323 g/mol. The molecule has 2 rings (SSSR count). The fourth-order valence-electron chi connectivity index (χ4n) is 1.59. The molecule has 0 bridgehead atoms. The molecule has 0 fully saturated rings. The fraction of sp³-hybridized carbons (Fsp3) is 0.214. The van der Waals surface area contributed by atoms with Crippen LogP contribution in [-0.4, -0.2) is 25.7 Å². The molecule has 2 N–H and O–H groups in total. The number of hydrogen-bond donors (Lipinski definition) is 2. The van der Waals surface area contributed by atoms with Gasteiger partial charge in [0.2, 0.25) is 0 Å². The summed E-state index contributed by atoms with van der Waals surface area (Å²) in [5.41, 5.74) is 0.922. The Kier molecular flexibility index (Phi) is 6.19. The maximum Gasteiger partial charge on any atom is 0.277 e. The molecule has 1 aromatic carbocycles. The Balaban J connectivity index is 1.69. The van der Waals surface area contributed by atoms with Gasteiger partial charge in [-0.15, -0.1) is 11.8 Å². The number of pyridine rings is 1. The first-order valence-electron chi connectivity index (χ1n) is 6.48. The van der Waals surface area contributed by atoms with Crippen LogP contribution in [0.25, 0.3) is 0 Å². The lowest BCUT2D eigenvalue weighted by Crippen LogP contribution is -2.37. The minimum Gasteiger partial charge on any atom is -0.250 e. The van der Waals surface area contributed by atoms with Crippen LogP contribution in [0.2, 0.25) is 0 Å². The smallest absolute Gasteiger partial charge is 0.250 e. The topological polar surface area (TPSA) is 71.1 Å². The lowest BCUT2D eigenvalue weighted by molar-refractivity contribution is 0.568. The predicted molar refractivity (Wildman–Crippen MR) is 85.2 cm³/mol. The number of benzene rings is 1. The molecule has 0 unspecified atom stereocenters. The number of nitrogens with one attached hydrogen (secondary N) is 2. The van der Waals surface area contributed by atoms with Crippen molar-refractivity contribution in [2.24, 2.45) is 0 Å². The van der Waals surface area contributed by atoms with E-state index in [2.05, 4.69) is 14.4 Å². The van der Waals surface area contributed by atoms with Gasteiger partial charge in [-0.05, 0) is 17.7 Å². The molecule has 0 saturated heterocycles. The molecule has 1 aromatic heterocycles. The summed E-state index contributed by atoms with van der Waals surface area (Å²) in [6, 6.07) is 15.0. The summed E-state index contributed by atoms with van der Waals surface area (Å²) in [6.45, 7) is 0.634. The third-order valence-corrected chi connectivity index (χ3v) is 4.65. The van der Waals surface area contributed by atoms with E-state index in [0.717, 1.165) is 10.6 Å². The molecule has 0 amide bonds. The maximum absolute atomic E-state index is 11.8. The van der Waals surface area contributed by atoms with Gasteiger partial charge in [-0.2, -0.15) is 13.1 Å². The van der Waals surface area contributed by atoms with Crippen molar-refractivity contribution in [1.29, 1.82) is 0 Å². The summed E-state index contributed by atoms with van der Waals surface area (Å²) in [5.74, 6) is 0.628. The molecule has 0 atom stereocenters. The highest BCUT2D eigenvalue weighted by Gasteiger charge is 2.08. The van der Waals surface area contributed by atoms with Crippen molar-refractivity contribution in [3.63, 3.8) is 0 Å². The highest BCUT2D eigenvalue weighted by Crippen LogP contribution is 2.12. The van der Waals surface area contributed by atoms with Gasteiger partial charge in [-0.3, -0.25) is 0 Å². The van der Waals surface area contributed by atoms with Crippen LogP contribution >= 0.6 is 11.8 Å². The third-order valence-electron chi connectivity index (χ3n) is 2.59. The molecule has 0 aliphatic rings. The van der Waals surface area contributed by atoms with Gasteiger partial charge in [0.25, 0.3) is 10.2 Å². The largest absolute Gasteiger partial charge is 0.277 e. The Morgan fingerprint density at radius 2 is 1.76 bits per heavy atom. The van der Waals surface area contributed by atoms with Crippen LogP contribution in [0.4, 0.5) is 0 Å². The molecule has 0 radical (unpaired) electrons. The van der Waals surface area contributed by atoms with E-state index in [1.165, 1.54) is 11.8 Å². The molecule has 112 valence electrons. The van der Waals surface area contributed by atoms with Gasteiger partial charge in [0.05, 0.1) is 5.03 Å². The van der Waals surface area contributed by atoms with Gasteiger partial charge in [-0.1, -0.05) is 36.4 Å². The summed E-state index contributed by atoms with van der Waals surface area (Å²) in [7, 11) is -3.47. The van der Waals surface area contributed by atoms with Gasteiger partial charge >= 0.3 is 0 Å². The Bertz CT molecular complexity index is 634. The molecular weight excluding hydrogens is 306 g/mol. The van der Waals surface area contributed by atoms with Crippen molar-refractivity contribution in [2.75, 3.05) is 12.3 Å². The molecular formula is C14H17N3O2S2. The Labute approximate surface area is 129 Å². The lowest BCUT2D eigenvalue weighted by atomic mass is 10.2. The first-order chi connectivity index (χ1) is 10.2. The van der Waals surface area contributed by atoms with Crippen molar-refractivity contribution >= 4 is 22.0 Å². The standard InChI is InChI=1S/C14H17N3O2S2/c18-21(19,17-12-13-6-2-1-3-7-13)16-10-11-20-14-8-4-5-9-15-14/h1-9,16-17H,10-12H2. The van der Waals surface area contributed by atoms with E-state index in [4.69, 9.17) is 0 Å². The third kappa shape index (κ3) is 6.26. The molecule has 0 aliphatic heterocycles. The summed E-state index contributed by atoms with van der Waals surface area (Å²) < 4.78 is 28.6. The van der Waals surface area contributed by atoms with E-state index in [-0.39, 0.29) is 6.54 Å². The van der Waals surface area contributed by atoms with Crippen molar-refractivity contribution < 1.29 is 8.42 Å². The van der Waals surface area contributed by atoms with E-state index in [0.29, 0.717) is 12.3 Å². The quantitative estimate of drug-likeness (QED) is 0.574. The van der Waals surface area contributed by atoms with Crippen LogP contribution < -0.4 is 9.44 Å². The molecule has 21 heavy (non-hydrogen) atoms. The van der Waals surface area contributed by atoms with Crippen LogP contribution in [0.15, 0.2) is 59.8 Å². The number of rotatable bonds is 8. The predicted octanol–water partition coefficient (Wildman–Crippen LogP) is 1.80. The summed E-state index contributed by atoms with van der Waals surface area (Å²) in [4.78, 5) is 4.16. The molecule has 1 heterocycles. The van der Waals surface area contributed by atoms with Crippen molar-refractivity contribution in [2.45, 2.75) is 11.6 Å². The zero-order valence-corrected chi connectivity index (χ0v) is 13.0. The van der Waals surface area contributed by atoms with Crippen LogP contribution in [-0.2, 0) is 16.8 Å².